The Morgan fingerprint density at radius 1 is 1.47 bits per heavy atom. The van der Waals surface area contributed by atoms with E-state index in [0.717, 1.165) is 24.0 Å². The lowest BCUT2D eigenvalue weighted by Crippen LogP contribution is -2.47. The van der Waals surface area contributed by atoms with Gasteiger partial charge in [-0.15, -0.1) is 0 Å². The fourth-order valence-corrected chi connectivity index (χ4v) is 2.35. The molecular weight excluding hydrogens is 216 g/mol. The molecule has 1 rings (SSSR count). The van der Waals surface area contributed by atoms with Crippen molar-refractivity contribution in [3.63, 3.8) is 0 Å². The van der Waals surface area contributed by atoms with Crippen LogP contribution in [0.15, 0.2) is 11.1 Å². The highest BCUT2D eigenvalue weighted by atomic mass is 16.5. The average Bonchev–Trinajstić information content (AvgIpc) is 2.25. The number of allylic oxidation sites excluding steroid dienone is 2. The number of ether oxygens (including phenoxy) is 1. The molecule has 0 aromatic carbocycles. The molecule has 0 amide bonds. The van der Waals surface area contributed by atoms with Gasteiger partial charge in [0.25, 0.3) is 0 Å². The lowest BCUT2D eigenvalue weighted by Gasteiger charge is -2.37. The third-order valence-corrected chi connectivity index (χ3v) is 3.86. The second-order valence-electron chi connectivity index (χ2n) is 5.17. The van der Waals surface area contributed by atoms with Crippen LogP contribution in [0, 0.1) is 11.3 Å². The van der Waals surface area contributed by atoms with E-state index < -0.39 is 5.41 Å². The van der Waals surface area contributed by atoms with Crippen LogP contribution in [0.1, 0.15) is 47.5 Å². The van der Waals surface area contributed by atoms with E-state index in [1.807, 2.05) is 20.8 Å². The Bertz CT molecular complexity index is 364. The van der Waals surface area contributed by atoms with E-state index in [0.29, 0.717) is 6.61 Å². The predicted octanol–water partition coefficient (Wildman–Crippen LogP) is 2.89. The fraction of sp³-hybridized carbons (Fsp3) is 0.714. The van der Waals surface area contributed by atoms with Gasteiger partial charge >= 0.3 is 5.97 Å². The van der Waals surface area contributed by atoms with Gasteiger partial charge in [0.05, 0.1) is 6.61 Å². The number of rotatable bonds is 2. The molecule has 96 valence electrons. The molecule has 0 heterocycles. The second-order valence-corrected chi connectivity index (χ2v) is 5.17. The summed E-state index contributed by atoms with van der Waals surface area (Å²) in [5.74, 6) is -0.386. The van der Waals surface area contributed by atoms with Crippen molar-refractivity contribution >= 4 is 11.8 Å². The van der Waals surface area contributed by atoms with Crippen LogP contribution >= 0.6 is 0 Å². The number of hydrogen-bond acceptors (Lipinski definition) is 3. The minimum absolute atomic E-state index is 0.0390. The SMILES string of the molecule is CCOC(=O)[C@@]1(C)C(=O)C(=C(C)C)CC[C@H]1C. The van der Waals surface area contributed by atoms with Crippen molar-refractivity contribution in [2.75, 3.05) is 6.61 Å². The first-order chi connectivity index (χ1) is 7.85. The van der Waals surface area contributed by atoms with Crippen LogP contribution in [-0.2, 0) is 14.3 Å². The van der Waals surface area contributed by atoms with E-state index in [1.54, 1.807) is 13.8 Å². The van der Waals surface area contributed by atoms with Crippen molar-refractivity contribution < 1.29 is 14.3 Å². The molecule has 0 aromatic rings. The zero-order valence-corrected chi connectivity index (χ0v) is 11.4. The average molecular weight is 238 g/mol. The summed E-state index contributed by atoms with van der Waals surface area (Å²) in [4.78, 5) is 24.5. The Balaban J connectivity index is 3.14. The van der Waals surface area contributed by atoms with Crippen LogP contribution in [0.4, 0.5) is 0 Å². The first kappa shape index (κ1) is 13.9. The Labute approximate surface area is 103 Å². The number of ketones is 1. The Morgan fingerprint density at radius 2 is 2.06 bits per heavy atom. The molecule has 3 heteroatoms. The molecule has 0 aromatic heterocycles. The van der Waals surface area contributed by atoms with Gasteiger partial charge in [0, 0.05) is 0 Å². The van der Waals surface area contributed by atoms with E-state index >= 15 is 0 Å². The van der Waals surface area contributed by atoms with Gasteiger partial charge in [-0.05, 0) is 52.0 Å². The lowest BCUT2D eigenvalue weighted by atomic mass is 9.65. The zero-order valence-electron chi connectivity index (χ0n) is 11.4. The third kappa shape index (κ3) is 2.28. The zero-order chi connectivity index (χ0) is 13.2. The molecule has 0 spiro atoms. The van der Waals surface area contributed by atoms with Gasteiger partial charge in [0.2, 0.25) is 0 Å². The lowest BCUT2D eigenvalue weighted by molar-refractivity contribution is -0.162. The summed E-state index contributed by atoms with van der Waals surface area (Å²) in [6.45, 7) is 9.61. The molecule has 0 N–H and O–H groups in total. The van der Waals surface area contributed by atoms with Gasteiger partial charge in [-0.25, -0.2) is 0 Å². The Morgan fingerprint density at radius 3 is 2.53 bits per heavy atom. The number of hydrogen-bond donors (Lipinski definition) is 0. The second kappa shape index (κ2) is 5.03. The minimum atomic E-state index is -0.999. The van der Waals surface area contributed by atoms with E-state index in [9.17, 15) is 9.59 Å². The van der Waals surface area contributed by atoms with Gasteiger partial charge in [0.1, 0.15) is 5.41 Å². The van der Waals surface area contributed by atoms with Crippen molar-refractivity contribution in [3.8, 4) is 0 Å². The smallest absolute Gasteiger partial charge is 0.319 e. The molecule has 3 nitrogen and oxygen atoms in total. The summed E-state index contributed by atoms with van der Waals surface area (Å²) < 4.78 is 5.07. The van der Waals surface area contributed by atoms with Crippen LogP contribution < -0.4 is 0 Å². The first-order valence-corrected chi connectivity index (χ1v) is 6.24. The van der Waals surface area contributed by atoms with E-state index in [2.05, 4.69) is 0 Å². The van der Waals surface area contributed by atoms with Crippen molar-refractivity contribution in [1.29, 1.82) is 0 Å². The van der Waals surface area contributed by atoms with Crippen LogP contribution in [0.5, 0.6) is 0 Å². The minimum Gasteiger partial charge on any atom is -0.465 e. The quantitative estimate of drug-likeness (QED) is 0.422. The standard InChI is InChI=1S/C14H22O3/c1-6-17-13(16)14(5)10(4)7-8-11(9(2)3)12(14)15/h10H,6-8H2,1-5H3/t10-,14-/m1/s1. The maximum atomic E-state index is 12.5. The van der Waals surface area contributed by atoms with E-state index in [4.69, 9.17) is 4.74 Å². The highest BCUT2D eigenvalue weighted by Gasteiger charge is 2.50. The van der Waals surface area contributed by atoms with Gasteiger partial charge in [-0.1, -0.05) is 12.5 Å². The topological polar surface area (TPSA) is 43.4 Å². The molecule has 0 saturated heterocycles. The molecular formula is C14H22O3. The molecule has 0 unspecified atom stereocenters. The summed E-state index contributed by atoms with van der Waals surface area (Å²) in [5, 5.41) is 0. The molecule has 1 aliphatic rings. The Hall–Kier alpha value is -1.12. The van der Waals surface area contributed by atoms with Crippen molar-refractivity contribution in [3.05, 3.63) is 11.1 Å². The molecule has 17 heavy (non-hydrogen) atoms. The van der Waals surface area contributed by atoms with Crippen LogP contribution in [0.25, 0.3) is 0 Å². The third-order valence-electron chi connectivity index (χ3n) is 3.86. The van der Waals surface area contributed by atoms with E-state index in [1.165, 1.54) is 0 Å². The first-order valence-electron chi connectivity index (χ1n) is 6.24. The number of esters is 1. The predicted molar refractivity (Wildman–Crippen MR) is 66.5 cm³/mol. The molecule has 1 saturated carbocycles. The largest absolute Gasteiger partial charge is 0.465 e. The summed E-state index contributed by atoms with van der Waals surface area (Å²) in [6.07, 6.45) is 1.64. The van der Waals surface area contributed by atoms with Gasteiger partial charge in [-0.3, -0.25) is 9.59 Å². The molecule has 0 bridgehead atoms. The summed E-state index contributed by atoms with van der Waals surface area (Å²) in [7, 11) is 0. The number of Topliss-reactive ketones (excluding diaryl/α,β-unsaturated/α-hetero) is 1. The highest BCUT2D eigenvalue weighted by molar-refractivity contribution is 6.13. The molecule has 1 aliphatic carbocycles. The molecule has 1 fully saturated rings. The summed E-state index contributed by atoms with van der Waals surface area (Å²) in [6, 6.07) is 0. The van der Waals surface area contributed by atoms with Crippen LogP contribution in [0.3, 0.4) is 0 Å². The van der Waals surface area contributed by atoms with Crippen molar-refractivity contribution in [2.45, 2.75) is 47.5 Å². The monoisotopic (exact) mass is 238 g/mol. The summed E-state index contributed by atoms with van der Waals surface area (Å²) >= 11 is 0. The summed E-state index contributed by atoms with van der Waals surface area (Å²) in [5.41, 5.74) is 0.817. The van der Waals surface area contributed by atoms with Crippen LogP contribution in [-0.4, -0.2) is 18.4 Å². The van der Waals surface area contributed by atoms with Crippen molar-refractivity contribution in [2.24, 2.45) is 11.3 Å². The number of carbonyl (C=O) groups is 2. The van der Waals surface area contributed by atoms with Gasteiger partial charge < -0.3 is 4.74 Å². The fourth-order valence-electron chi connectivity index (χ4n) is 2.35. The normalized spacial score (nSPS) is 29.1. The molecule has 0 aliphatic heterocycles. The van der Waals surface area contributed by atoms with Gasteiger partial charge in [-0.2, -0.15) is 0 Å². The highest BCUT2D eigenvalue weighted by Crippen LogP contribution is 2.42. The molecule has 2 atom stereocenters. The number of carbonyl (C=O) groups excluding carboxylic acids is 2. The molecule has 0 radical (unpaired) electrons. The Kier molecular flexibility index (Phi) is 4.12. The van der Waals surface area contributed by atoms with Crippen LogP contribution in [0.2, 0.25) is 0 Å². The maximum absolute atomic E-state index is 12.5. The maximum Gasteiger partial charge on any atom is 0.319 e. The van der Waals surface area contributed by atoms with E-state index in [-0.39, 0.29) is 17.7 Å². The van der Waals surface area contributed by atoms with Gasteiger partial charge in [0.15, 0.2) is 5.78 Å². The van der Waals surface area contributed by atoms with Crippen molar-refractivity contribution in [1.82, 2.24) is 0 Å².